The van der Waals surface area contributed by atoms with Crippen molar-refractivity contribution >= 4 is 41.3 Å². The molecule has 0 fully saturated rings. The van der Waals surface area contributed by atoms with Crippen LogP contribution in [0.1, 0.15) is 21.7 Å². The molecule has 0 amide bonds. The van der Waals surface area contributed by atoms with Crippen LogP contribution in [-0.2, 0) is 0 Å². The summed E-state index contributed by atoms with van der Waals surface area (Å²) in [5.74, 6) is -0.696. The summed E-state index contributed by atoms with van der Waals surface area (Å²) < 4.78 is 5.41. The number of carboxylic acid groups (broad SMARTS) is 1. The smallest absolute Gasteiger partial charge is 0.372 e. The van der Waals surface area contributed by atoms with Crippen LogP contribution in [0.5, 0.6) is 0 Å². The molecule has 98 valence electrons. The molecule has 2 aromatic rings. The van der Waals surface area contributed by atoms with E-state index >= 15 is 0 Å². The van der Waals surface area contributed by atoms with Gasteiger partial charge in [-0.05, 0) is 17.7 Å². The third kappa shape index (κ3) is 1.88. The van der Waals surface area contributed by atoms with Gasteiger partial charge in [0.25, 0.3) is 0 Å². The molecule has 1 aliphatic heterocycles. The molecule has 6 heteroatoms. The standard InChI is InChI=1S/C13H10N2O3.ClH/c1-14-12-10-9-7(5-6-15-12)3-2-4-8(9)18-11(10)13(16)17;/h2-6H,1H3,(H,14,15)(H,16,17);1H. The minimum absolute atomic E-state index is 0. The molecule has 0 spiro atoms. The van der Waals surface area contributed by atoms with E-state index < -0.39 is 5.97 Å². The first-order valence-electron chi connectivity index (χ1n) is 5.41. The molecule has 1 aliphatic rings. The number of hydrogen-bond donors (Lipinski definition) is 2. The van der Waals surface area contributed by atoms with Crippen molar-refractivity contribution in [2.24, 2.45) is 4.99 Å². The molecule has 1 aromatic heterocycles. The molecule has 0 unspecified atom stereocenters. The Morgan fingerprint density at radius 3 is 2.89 bits per heavy atom. The van der Waals surface area contributed by atoms with Gasteiger partial charge in [0.1, 0.15) is 11.4 Å². The first-order valence-corrected chi connectivity index (χ1v) is 5.41. The minimum Gasteiger partial charge on any atom is -0.475 e. The monoisotopic (exact) mass is 278 g/mol. The highest BCUT2D eigenvalue weighted by Crippen LogP contribution is 2.31. The summed E-state index contributed by atoms with van der Waals surface area (Å²) in [5, 5.41) is 13.0. The van der Waals surface area contributed by atoms with Crippen molar-refractivity contribution in [3.8, 4) is 0 Å². The van der Waals surface area contributed by atoms with Crippen LogP contribution in [0.2, 0.25) is 0 Å². The minimum atomic E-state index is -1.10. The lowest BCUT2D eigenvalue weighted by atomic mass is 10.0. The second kappa shape index (κ2) is 4.78. The average Bonchev–Trinajstić information content (AvgIpc) is 2.64. The highest BCUT2D eigenvalue weighted by molar-refractivity contribution is 6.18. The van der Waals surface area contributed by atoms with E-state index in [1.165, 1.54) is 0 Å². The Morgan fingerprint density at radius 1 is 1.42 bits per heavy atom. The van der Waals surface area contributed by atoms with Crippen molar-refractivity contribution in [1.29, 1.82) is 0 Å². The van der Waals surface area contributed by atoms with Gasteiger partial charge in [-0.3, -0.25) is 4.99 Å². The van der Waals surface area contributed by atoms with E-state index in [4.69, 9.17) is 4.42 Å². The van der Waals surface area contributed by atoms with Crippen molar-refractivity contribution in [2.75, 3.05) is 7.05 Å². The van der Waals surface area contributed by atoms with Gasteiger partial charge in [0, 0.05) is 18.6 Å². The molecular weight excluding hydrogens is 268 g/mol. The molecule has 2 heterocycles. The number of aliphatic imine (C=N–C) groups is 1. The van der Waals surface area contributed by atoms with Gasteiger partial charge in [-0.25, -0.2) is 4.79 Å². The fraction of sp³-hybridized carbons (Fsp3) is 0.0769. The van der Waals surface area contributed by atoms with Gasteiger partial charge < -0.3 is 14.8 Å². The maximum atomic E-state index is 11.3. The quantitative estimate of drug-likeness (QED) is 0.840. The van der Waals surface area contributed by atoms with Crippen LogP contribution in [0, 0.1) is 0 Å². The molecule has 3 rings (SSSR count). The summed E-state index contributed by atoms with van der Waals surface area (Å²) >= 11 is 0. The number of benzene rings is 1. The van der Waals surface area contributed by atoms with Gasteiger partial charge in [-0.15, -0.1) is 12.4 Å². The van der Waals surface area contributed by atoms with E-state index in [-0.39, 0.29) is 18.2 Å². The highest BCUT2D eigenvalue weighted by Gasteiger charge is 2.25. The van der Waals surface area contributed by atoms with E-state index in [1.807, 2.05) is 18.2 Å². The van der Waals surface area contributed by atoms with Crippen molar-refractivity contribution < 1.29 is 14.3 Å². The summed E-state index contributed by atoms with van der Waals surface area (Å²) in [6, 6.07) is 5.49. The van der Waals surface area contributed by atoms with Gasteiger partial charge in [-0.1, -0.05) is 12.1 Å². The third-order valence-electron chi connectivity index (χ3n) is 2.89. The SMILES string of the molecule is CN=C1NC=Cc2cccc3oc(C(=O)O)c1c23.Cl. The number of amidine groups is 1. The van der Waals surface area contributed by atoms with Crippen LogP contribution in [0.15, 0.2) is 33.8 Å². The lowest BCUT2D eigenvalue weighted by Gasteiger charge is -2.02. The van der Waals surface area contributed by atoms with Crippen molar-refractivity contribution in [3.05, 3.63) is 41.3 Å². The Balaban J connectivity index is 0.00000133. The van der Waals surface area contributed by atoms with Crippen molar-refractivity contribution in [1.82, 2.24) is 5.32 Å². The lowest BCUT2D eigenvalue weighted by Crippen LogP contribution is -2.19. The Labute approximate surface area is 115 Å². The number of nitrogens with one attached hydrogen (secondary N) is 1. The van der Waals surface area contributed by atoms with E-state index in [0.717, 1.165) is 10.9 Å². The zero-order valence-corrected chi connectivity index (χ0v) is 10.8. The highest BCUT2D eigenvalue weighted by atomic mass is 35.5. The second-order valence-electron chi connectivity index (χ2n) is 3.88. The first-order chi connectivity index (χ1) is 8.72. The predicted molar refractivity (Wildman–Crippen MR) is 75.1 cm³/mol. The van der Waals surface area contributed by atoms with E-state index in [9.17, 15) is 9.90 Å². The molecule has 0 bridgehead atoms. The molecule has 0 atom stereocenters. The fourth-order valence-corrected chi connectivity index (χ4v) is 2.15. The number of nitrogens with zero attached hydrogens (tertiary/aromatic N) is 1. The molecule has 2 N–H and O–H groups in total. The molecule has 0 saturated heterocycles. The Bertz CT molecular complexity index is 716. The molecule has 5 nitrogen and oxygen atoms in total. The fourth-order valence-electron chi connectivity index (χ4n) is 2.15. The molecule has 19 heavy (non-hydrogen) atoms. The molecule has 0 saturated carbocycles. The lowest BCUT2D eigenvalue weighted by molar-refractivity contribution is 0.0664. The van der Waals surface area contributed by atoms with Crippen molar-refractivity contribution in [2.45, 2.75) is 0 Å². The van der Waals surface area contributed by atoms with Crippen molar-refractivity contribution in [3.63, 3.8) is 0 Å². The van der Waals surface area contributed by atoms with Crippen LogP contribution in [0.25, 0.3) is 17.0 Å². The second-order valence-corrected chi connectivity index (χ2v) is 3.88. The molecule has 0 aliphatic carbocycles. The largest absolute Gasteiger partial charge is 0.475 e. The number of carbonyl (C=O) groups is 1. The summed E-state index contributed by atoms with van der Waals surface area (Å²) in [4.78, 5) is 15.3. The number of hydrogen-bond acceptors (Lipinski definition) is 3. The summed E-state index contributed by atoms with van der Waals surface area (Å²) in [5.41, 5.74) is 1.96. The summed E-state index contributed by atoms with van der Waals surface area (Å²) in [6.45, 7) is 0. The topological polar surface area (TPSA) is 74.8 Å². The predicted octanol–water partition coefficient (Wildman–Crippen LogP) is 2.50. The van der Waals surface area contributed by atoms with E-state index in [0.29, 0.717) is 17.0 Å². The zero-order chi connectivity index (χ0) is 12.7. The molecule has 1 aromatic carbocycles. The Hall–Kier alpha value is -2.27. The van der Waals surface area contributed by atoms with Crippen LogP contribution in [-0.4, -0.2) is 24.0 Å². The van der Waals surface area contributed by atoms with Gasteiger partial charge in [0.2, 0.25) is 5.76 Å². The third-order valence-corrected chi connectivity index (χ3v) is 2.89. The van der Waals surface area contributed by atoms with E-state index in [2.05, 4.69) is 10.3 Å². The number of halogens is 1. The van der Waals surface area contributed by atoms with Crippen LogP contribution in [0.4, 0.5) is 0 Å². The number of carboxylic acids is 1. The molecular formula is C13H11ClN2O3. The van der Waals surface area contributed by atoms with Crippen LogP contribution >= 0.6 is 12.4 Å². The zero-order valence-electron chi connectivity index (χ0n) is 10.0. The van der Waals surface area contributed by atoms with Crippen LogP contribution in [0.3, 0.4) is 0 Å². The van der Waals surface area contributed by atoms with Gasteiger partial charge in [-0.2, -0.15) is 0 Å². The van der Waals surface area contributed by atoms with Gasteiger partial charge in [0.15, 0.2) is 0 Å². The van der Waals surface area contributed by atoms with Gasteiger partial charge in [0.05, 0.1) is 5.56 Å². The number of aromatic carboxylic acids is 1. The normalized spacial score (nSPS) is 14.9. The maximum absolute atomic E-state index is 11.3. The number of furan rings is 1. The first kappa shape index (κ1) is 13.2. The van der Waals surface area contributed by atoms with Gasteiger partial charge >= 0.3 is 5.97 Å². The summed E-state index contributed by atoms with van der Waals surface area (Å²) in [7, 11) is 1.61. The molecule has 0 radical (unpaired) electrons. The van der Waals surface area contributed by atoms with Crippen LogP contribution < -0.4 is 5.32 Å². The Kier molecular flexibility index (Phi) is 3.31. The maximum Gasteiger partial charge on any atom is 0.372 e. The Morgan fingerprint density at radius 2 is 2.21 bits per heavy atom. The summed E-state index contributed by atoms with van der Waals surface area (Å²) in [6.07, 6.45) is 3.61. The average molecular weight is 279 g/mol. The van der Waals surface area contributed by atoms with E-state index in [1.54, 1.807) is 19.3 Å². The number of rotatable bonds is 1.